The lowest BCUT2D eigenvalue weighted by Gasteiger charge is -2.11. The first-order valence-electron chi connectivity index (χ1n) is 6.75. The van der Waals surface area contributed by atoms with Gasteiger partial charge in [0.15, 0.2) is 0 Å². The van der Waals surface area contributed by atoms with E-state index < -0.39 is 5.91 Å². The summed E-state index contributed by atoms with van der Waals surface area (Å²) in [6.07, 6.45) is 3.12. The van der Waals surface area contributed by atoms with Crippen molar-refractivity contribution in [3.63, 3.8) is 0 Å². The first-order valence-corrected chi connectivity index (χ1v) is 6.75. The number of nitrogens with one attached hydrogen (secondary N) is 1. The van der Waals surface area contributed by atoms with Crippen molar-refractivity contribution in [2.45, 2.75) is 0 Å². The molecular formula is C16H18N4O2. The Hall–Kier alpha value is -2.89. The second-order valence-corrected chi connectivity index (χ2v) is 5.02. The number of aromatic nitrogens is 1. The second kappa shape index (κ2) is 6.71. The molecule has 0 fully saturated rings. The monoisotopic (exact) mass is 298 g/mol. The minimum absolute atomic E-state index is 0.0603. The molecule has 1 aromatic carbocycles. The highest BCUT2D eigenvalue weighted by Gasteiger charge is 2.09. The number of hydrogen-bond acceptors (Lipinski definition) is 4. The molecule has 0 saturated heterocycles. The lowest BCUT2D eigenvalue weighted by atomic mass is 10.2. The van der Waals surface area contributed by atoms with Crippen LogP contribution in [0.2, 0.25) is 0 Å². The zero-order chi connectivity index (χ0) is 16.1. The van der Waals surface area contributed by atoms with E-state index in [1.807, 2.05) is 43.3 Å². The molecule has 0 spiro atoms. The maximum Gasteiger partial charge on any atom is 0.276 e. The largest absolute Gasteiger partial charge is 0.378 e. The van der Waals surface area contributed by atoms with E-state index in [1.54, 1.807) is 19.3 Å². The van der Waals surface area contributed by atoms with Crippen molar-refractivity contribution in [1.82, 2.24) is 9.99 Å². The summed E-state index contributed by atoms with van der Waals surface area (Å²) in [5.74, 6) is -0.526. The summed E-state index contributed by atoms with van der Waals surface area (Å²) in [6, 6.07) is 10.8. The van der Waals surface area contributed by atoms with E-state index in [4.69, 9.17) is 0 Å². The van der Waals surface area contributed by atoms with Crippen molar-refractivity contribution >= 4 is 17.8 Å². The first-order chi connectivity index (χ1) is 10.5. The Bertz CT molecular complexity index is 745. The number of aryl methyl sites for hydroxylation is 1. The fourth-order valence-corrected chi connectivity index (χ4v) is 1.85. The van der Waals surface area contributed by atoms with Crippen LogP contribution in [0.25, 0.3) is 0 Å². The molecule has 22 heavy (non-hydrogen) atoms. The smallest absolute Gasteiger partial charge is 0.276 e. The summed E-state index contributed by atoms with van der Waals surface area (Å²) in [4.78, 5) is 25.7. The van der Waals surface area contributed by atoms with Crippen LogP contribution in [0, 0.1) is 0 Å². The fraction of sp³-hybridized carbons (Fsp3) is 0.188. The number of hydrogen-bond donors (Lipinski definition) is 1. The third-order valence-electron chi connectivity index (χ3n) is 3.16. The standard InChI is InChI=1S/C16H18N4O2/c1-19(2)13-8-6-12(7-9-13)11-17-18-15(21)14-5-4-10-20(3)16(14)22/h4-11H,1-3H3,(H,18,21)/b17-11-. The second-order valence-electron chi connectivity index (χ2n) is 5.02. The molecule has 2 aromatic rings. The van der Waals surface area contributed by atoms with Gasteiger partial charge in [0, 0.05) is 33.0 Å². The van der Waals surface area contributed by atoms with Gasteiger partial charge in [-0.3, -0.25) is 9.59 Å². The normalized spacial score (nSPS) is 10.7. The third kappa shape index (κ3) is 3.60. The maximum atomic E-state index is 11.9. The number of rotatable bonds is 4. The molecule has 1 heterocycles. The predicted octanol–water partition coefficient (Wildman–Crippen LogP) is 1.22. The van der Waals surface area contributed by atoms with Crippen molar-refractivity contribution in [3.8, 4) is 0 Å². The molecule has 0 radical (unpaired) electrons. The molecule has 0 atom stereocenters. The average Bonchev–Trinajstić information content (AvgIpc) is 2.50. The highest BCUT2D eigenvalue weighted by molar-refractivity contribution is 5.94. The number of amides is 1. The van der Waals surface area contributed by atoms with Crippen molar-refractivity contribution < 1.29 is 4.79 Å². The van der Waals surface area contributed by atoms with Gasteiger partial charge in [-0.1, -0.05) is 12.1 Å². The summed E-state index contributed by atoms with van der Waals surface area (Å²) >= 11 is 0. The van der Waals surface area contributed by atoms with Gasteiger partial charge in [0.25, 0.3) is 11.5 Å². The van der Waals surface area contributed by atoms with E-state index in [0.717, 1.165) is 11.3 Å². The first kappa shape index (κ1) is 15.5. The van der Waals surface area contributed by atoms with Gasteiger partial charge in [0.1, 0.15) is 5.56 Å². The van der Waals surface area contributed by atoms with E-state index >= 15 is 0 Å². The number of carbonyl (C=O) groups is 1. The molecular weight excluding hydrogens is 280 g/mol. The predicted molar refractivity (Wildman–Crippen MR) is 87.5 cm³/mol. The van der Waals surface area contributed by atoms with Gasteiger partial charge < -0.3 is 9.47 Å². The molecule has 6 heteroatoms. The van der Waals surface area contributed by atoms with Gasteiger partial charge in [0.2, 0.25) is 0 Å². The van der Waals surface area contributed by atoms with Crippen LogP contribution in [0.3, 0.4) is 0 Å². The van der Waals surface area contributed by atoms with Crippen molar-refractivity contribution in [2.75, 3.05) is 19.0 Å². The van der Waals surface area contributed by atoms with Gasteiger partial charge in [-0.15, -0.1) is 0 Å². The number of pyridine rings is 1. The topological polar surface area (TPSA) is 66.7 Å². The van der Waals surface area contributed by atoms with Crippen molar-refractivity contribution in [1.29, 1.82) is 0 Å². The molecule has 6 nitrogen and oxygen atoms in total. The van der Waals surface area contributed by atoms with Crippen molar-refractivity contribution in [3.05, 3.63) is 64.1 Å². The third-order valence-corrected chi connectivity index (χ3v) is 3.16. The SMILES string of the molecule is CN(C)c1ccc(/C=N\NC(=O)c2cccn(C)c2=O)cc1. The zero-order valence-electron chi connectivity index (χ0n) is 12.8. The van der Waals surface area contributed by atoms with Crippen LogP contribution >= 0.6 is 0 Å². The van der Waals surface area contributed by atoms with Gasteiger partial charge in [-0.25, -0.2) is 5.43 Å². The number of anilines is 1. The summed E-state index contributed by atoms with van der Waals surface area (Å²) in [6.45, 7) is 0. The van der Waals surface area contributed by atoms with E-state index in [9.17, 15) is 9.59 Å². The number of benzene rings is 1. The molecule has 0 unspecified atom stereocenters. The summed E-state index contributed by atoms with van der Waals surface area (Å²) in [5, 5.41) is 3.88. The van der Waals surface area contributed by atoms with E-state index in [2.05, 4.69) is 10.5 Å². The molecule has 2 rings (SSSR count). The Morgan fingerprint density at radius 1 is 1.23 bits per heavy atom. The van der Waals surface area contributed by atoms with Crippen LogP contribution in [0.1, 0.15) is 15.9 Å². The summed E-state index contributed by atoms with van der Waals surface area (Å²) < 4.78 is 1.35. The molecule has 0 aliphatic heterocycles. The van der Waals surface area contributed by atoms with Crippen LogP contribution < -0.4 is 15.9 Å². The Morgan fingerprint density at radius 2 is 1.91 bits per heavy atom. The van der Waals surface area contributed by atoms with E-state index in [0.29, 0.717) is 0 Å². The number of nitrogens with zero attached hydrogens (tertiary/aromatic N) is 3. The number of hydrazone groups is 1. The van der Waals surface area contributed by atoms with Crippen molar-refractivity contribution in [2.24, 2.45) is 12.1 Å². The Labute approximate surface area is 128 Å². The Morgan fingerprint density at radius 3 is 2.55 bits per heavy atom. The maximum absolute atomic E-state index is 11.9. The van der Waals surface area contributed by atoms with E-state index in [1.165, 1.54) is 16.8 Å². The summed E-state index contributed by atoms with van der Waals surface area (Å²) in [5.41, 5.74) is 4.00. The van der Waals surface area contributed by atoms with Crippen LogP contribution in [-0.2, 0) is 7.05 Å². The lowest BCUT2D eigenvalue weighted by molar-refractivity contribution is 0.0953. The Kier molecular flexibility index (Phi) is 4.73. The van der Waals surface area contributed by atoms with Crippen LogP contribution in [0.4, 0.5) is 5.69 Å². The van der Waals surface area contributed by atoms with Gasteiger partial charge in [-0.05, 0) is 29.8 Å². The molecule has 114 valence electrons. The molecule has 1 N–H and O–H groups in total. The molecule has 1 amide bonds. The lowest BCUT2D eigenvalue weighted by Crippen LogP contribution is -2.29. The minimum atomic E-state index is -0.526. The Balaban J connectivity index is 2.04. The van der Waals surface area contributed by atoms with Gasteiger partial charge in [0.05, 0.1) is 6.21 Å². The highest BCUT2D eigenvalue weighted by atomic mass is 16.2. The van der Waals surface area contributed by atoms with Gasteiger partial charge >= 0.3 is 0 Å². The quantitative estimate of drug-likeness (QED) is 0.681. The molecule has 0 bridgehead atoms. The zero-order valence-corrected chi connectivity index (χ0v) is 12.8. The van der Waals surface area contributed by atoms with Crippen LogP contribution in [0.15, 0.2) is 52.5 Å². The van der Waals surface area contributed by atoms with Crippen LogP contribution in [0.5, 0.6) is 0 Å². The molecule has 0 aliphatic carbocycles. The fourth-order valence-electron chi connectivity index (χ4n) is 1.85. The van der Waals surface area contributed by atoms with Gasteiger partial charge in [-0.2, -0.15) is 5.10 Å². The molecule has 0 saturated carbocycles. The average molecular weight is 298 g/mol. The highest BCUT2D eigenvalue weighted by Crippen LogP contribution is 2.10. The summed E-state index contributed by atoms with van der Waals surface area (Å²) in [7, 11) is 5.52. The number of carbonyl (C=O) groups excluding carboxylic acids is 1. The molecule has 1 aromatic heterocycles. The minimum Gasteiger partial charge on any atom is -0.378 e. The molecule has 0 aliphatic rings. The van der Waals surface area contributed by atoms with Crippen LogP contribution in [-0.4, -0.2) is 30.8 Å². The van der Waals surface area contributed by atoms with E-state index in [-0.39, 0.29) is 11.1 Å².